The van der Waals surface area contributed by atoms with Gasteiger partial charge < -0.3 is 0 Å². The summed E-state index contributed by atoms with van der Waals surface area (Å²) in [7, 11) is -2.03. The molecule has 50 valence electrons. The van der Waals surface area contributed by atoms with Crippen molar-refractivity contribution < 1.29 is 8.42 Å². The summed E-state index contributed by atoms with van der Waals surface area (Å²) >= 11 is 0. The van der Waals surface area contributed by atoms with E-state index in [1.165, 1.54) is 5.37 Å². The van der Waals surface area contributed by atoms with E-state index in [1.807, 2.05) is 0 Å². The van der Waals surface area contributed by atoms with Crippen LogP contribution in [-0.4, -0.2) is 13.8 Å². The summed E-state index contributed by atoms with van der Waals surface area (Å²) in [5.41, 5.74) is 0. The lowest BCUT2D eigenvalue weighted by atomic mass is 10.4. The van der Waals surface area contributed by atoms with Gasteiger partial charge in [0, 0.05) is 5.37 Å². The first-order chi connectivity index (χ1) is 4.27. The van der Waals surface area contributed by atoms with Crippen LogP contribution in [0.3, 0.4) is 0 Å². The highest BCUT2D eigenvalue weighted by atomic mass is 32.2. The maximum absolute atomic E-state index is 9.85. The minimum atomic E-state index is -2.03. The Morgan fingerprint density at radius 1 is 1.44 bits per heavy atom. The van der Waals surface area contributed by atoms with Gasteiger partial charge in [-0.15, -0.1) is 0 Å². The van der Waals surface area contributed by atoms with Gasteiger partial charge in [-0.2, -0.15) is 8.42 Å². The topological polar surface area (TPSA) is 34.1 Å². The Balaban J connectivity index is 3.66. The lowest BCUT2D eigenvalue weighted by Gasteiger charge is -1.70. The Labute approximate surface area is 56.0 Å². The van der Waals surface area contributed by atoms with Gasteiger partial charge in [0.25, 0.3) is 0 Å². The molecule has 9 heavy (non-hydrogen) atoms. The Hall–Kier alpha value is -0.830. The summed E-state index contributed by atoms with van der Waals surface area (Å²) in [6, 6.07) is 0. The minimum Gasteiger partial charge on any atom is -0.185 e. The molecule has 0 aliphatic rings. The molecular formula is C6H8O2S. The standard InChI is InChI=1S/C6H8O2S/c1-2-3-4-5-6-9(7)8/h2-4,6H,1,5H2. The summed E-state index contributed by atoms with van der Waals surface area (Å²) in [4.78, 5) is 0. The molecule has 0 heterocycles. The number of rotatable bonds is 3. The third-order valence-electron chi connectivity index (χ3n) is 0.641. The first-order valence-corrected chi connectivity index (χ1v) is 3.60. The van der Waals surface area contributed by atoms with Crippen molar-refractivity contribution in [2.24, 2.45) is 0 Å². The first kappa shape index (κ1) is 8.17. The maximum atomic E-state index is 9.85. The van der Waals surface area contributed by atoms with Gasteiger partial charge in [0.2, 0.25) is 10.3 Å². The molecule has 0 radical (unpaired) electrons. The fourth-order valence-corrected chi connectivity index (χ4v) is 0.577. The van der Waals surface area contributed by atoms with Crippen LogP contribution in [0.4, 0.5) is 0 Å². The lowest BCUT2D eigenvalue weighted by molar-refractivity contribution is 0.627. The monoisotopic (exact) mass is 144 g/mol. The van der Waals surface area contributed by atoms with Gasteiger partial charge in [0.15, 0.2) is 0 Å². The van der Waals surface area contributed by atoms with Gasteiger partial charge in [0.1, 0.15) is 0 Å². The normalized spacial score (nSPS) is 9.33. The van der Waals surface area contributed by atoms with Crippen molar-refractivity contribution in [2.45, 2.75) is 6.42 Å². The zero-order valence-electron chi connectivity index (χ0n) is 4.95. The molecular weight excluding hydrogens is 136 g/mol. The molecule has 0 fully saturated rings. The van der Waals surface area contributed by atoms with E-state index in [1.54, 1.807) is 18.2 Å². The SMILES string of the molecule is C=CC=CCC=S(=O)=O. The van der Waals surface area contributed by atoms with Crippen LogP contribution in [0.15, 0.2) is 24.8 Å². The van der Waals surface area contributed by atoms with Gasteiger partial charge in [0.05, 0.1) is 0 Å². The van der Waals surface area contributed by atoms with Crippen LogP contribution >= 0.6 is 0 Å². The van der Waals surface area contributed by atoms with Crippen LogP contribution in [0.1, 0.15) is 6.42 Å². The molecule has 2 nitrogen and oxygen atoms in total. The van der Waals surface area contributed by atoms with Gasteiger partial charge in [-0.3, -0.25) is 0 Å². The molecule has 0 N–H and O–H groups in total. The molecule has 0 saturated carbocycles. The first-order valence-electron chi connectivity index (χ1n) is 2.46. The largest absolute Gasteiger partial charge is 0.210 e. The molecule has 0 atom stereocenters. The fraction of sp³-hybridized carbons (Fsp3) is 0.167. The van der Waals surface area contributed by atoms with E-state index in [4.69, 9.17) is 0 Å². The van der Waals surface area contributed by atoms with Crippen molar-refractivity contribution in [3.8, 4) is 0 Å². The number of hydrogen-bond acceptors (Lipinski definition) is 2. The van der Waals surface area contributed by atoms with Crippen LogP contribution < -0.4 is 0 Å². The molecule has 0 aromatic carbocycles. The van der Waals surface area contributed by atoms with Crippen LogP contribution in [0.25, 0.3) is 0 Å². The lowest BCUT2D eigenvalue weighted by Crippen LogP contribution is -1.69. The summed E-state index contributed by atoms with van der Waals surface area (Å²) in [6.07, 6.45) is 5.45. The van der Waals surface area contributed by atoms with Crippen LogP contribution in [0, 0.1) is 0 Å². The van der Waals surface area contributed by atoms with Crippen molar-refractivity contribution in [2.75, 3.05) is 0 Å². The van der Waals surface area contributed by atoms with E-state index in [9.17, 15) is 8.42 Å². The molecule has 0 rings (SSSR count). The van der Waals surface area contributed by atoms with Gasteiger partial charge >= 0.3 is 0 Å². The van der Waals surface area contributed by atoms with Crippen LogP contribution in [-0.2, 0) is 10.3 Å². The molecule has 0 spiro atoms. The molecule has 0 aromatic rings. The van der Waals surface area contributed by atoms with Crippen molar-refractivity contribution in [1.82, 2.24) is 0 Å². The molecule has 3 heteroatoms. The van der Waals surface area contributed by atoms with Crippen molar-refractivity contribution in [3.05, 3.63) is 24.8 Å². The second-order valence-electron chi connectivity index (χ2n) is 1.33. The molecule has 0 amide bonds. The molecule has 0 bridgehead atoms. The summed E-state index contributed by atoms with van der Waals surface area (Å²) in [5, 5.41) is 1.18. The Morgan fingerprint density at radius 3 is 2.56 bits per heavy atom. The van der Waals surface area contributed by atoms with Gasteiger partial charge in [-0.1, -0.05) is 24.8 Å². The molecule has 0 aromatic heterocycles. The summed E-state index contributed by atoms with van der Waals surface area (Å²) in [6.45, 7) is 3.42. The van der Waals surface area contributed by atoms with Crippen molar-refractivity contribution >= 4 is 15.7 Å². The smallest absolute Gasteiger partial charge is 0.185 e. The number of allylic oxidation sites excluding steroid dienone is 3. The van der Waals surface area contributed by atoms with E-state index in [2.05, 4.69) is 6.58 Å². The predicted octanol–water partition coefficient (Wildman–Crippen LogP) is 0.800. The average Bonchev–Trinajstić information content (AvgIpc) is 1.80. The number of hydrogen-bond donors (Lipinski definition) is 0. The van der Waals surface area contributed by atoms with E-state index >= 15 is 0 Å². The highest BCUT2D eigenvalue weighted by molar-refractivity contribution is 7.71. The quantitative estimate of drug-likeness (QED) is 0.433. The van der Waals surface area contributed by atoms with E-state index in [0.29, 0.717) is 6.42 Å². The second kappa shape index (κ2) is 5.31. The van der Waals surface area contributed by atoms with Crippen molar-refractivity contribution in [1.29, 1.82) is 0 Å². The summed E-state index contributed by atoms with van der Waals surface area (Å²) < 4.78 is 19.7. The summed E-state index contributed by atoms with van der Waals surface area (Å²) in [5.74, 6) is 0. The molecule has 0 unspecified atom stereocenters. The third kappa shape index (κ3) is 7.17. The van der Waals surface area contributed by atoms with Crippen molar-refractivity contribution in [3.63, 3.8) is 0 Å². The molecule has 0 aliphatic heterocycles. The predicted molar refractivity (Wildman–Crippen MR) is 38.9 cm³/mol. The third-order valence-corrected chi connectivity index (χ3v) is 1.11. The van der Waals surface area contributed by atoms with E-state index in [-0.39, 0.29) is 0 Å². The Bertz CT molecular complexity index is 213. The highest BCUT2D eigenvalue weighted by Crippen LogP contribution is 1.76. The molecule has 0 saturated heterocycles. The minimum absolute atomic E-state index is 0.447. The second-order valence-corrected chi connectivity index (χ2v) is 2.18. The zero-order chi connectivity index (χ0) is 7.11. The van der Waals surface area contributed by atoms with Crippen LogP contribution in [0.2, 0.25) is 0 Å². The van der Waals surface area contributed by atoms with E-state index < -0.39 is 10.3 Å². The Kier molecular flexibility index (Phi) is 4.82. The zero-order valence-corrected chi connectivity index (χ0v) is 5.76. The van der Waals surface area contributed by atoms with Gasteiger partial charge in [-0.05, 0) is 6.42 Å². The molecule has 0 aliphatic carbocycles. The highest BCUT2D eigenvalue weighted by Gasteiger charge is 1.68. The maximum Gasteiger partial charge on any atom is 0.210 e. The average molecular weight is 144 g/mol. The Morgan fingerprint density at radius 2 is 2.11 bits per heavy atom. The van der Waals surface area contributed by atoms with Gasteiger partial charge in [-0.25, -0.2) is 0 Å². The fourth-order valence-electron chi connectivity index (χ4n) is 0.309. The van der Waals surface area contributed by atoms with E-state index in [0.717, 1.165) is 0 Å². The van der Waals surface area contributed by atoms with Crippen LogP contribution in [0.5, 0.6) is 0 Å².